The summed E-state index contributed by atoms with van der Waals surface area (Å²) in [5, 5.41) is 0. The molecular weight excluding hydrogens is 759 g/mol. The number of anilines is 2. The first-order chi connectivity index (χ1) is 30.2. The molecule has 0 aromatic heterocycles. The molecule has 0 bridgehead atoms. The van der Waals surface area contributed by atoms with Crippen LogP contribution in [-0.4, -0.2) is 0 Å². The van der Waals surface area contributed by atoms with Crippen molar-refractivity contribution in [2.45, 2.75) is 90.5 Å². The fraction of sp³-hybridized carbons (Fsp3) is 0.226. The third kappa shape index (κ3) is 5.89. The molecule has 0 heterocycles. The monoisotopic (exact) mass is 815 g/mol. The van der Waals surface area contributed by atoms with Gasteiger partial charge in [0, 0.05) is 28.9 Å². The number of nitrogens with zero attached hydrogens (tertiary/aromatic N) is 1. The van der Waals surface area contributed by atoms with Gasteiger partial charge in [0.05, 0.1) is 5.41 Å². The topological polar surface area (TPSA) is 3.24 Å². The van der Waals surface area contributed by atoms with E-state index in [4.69, 9.17) is 0 Å². The Morgan fingerprint density at radius 1 is 0.413 bits per heavy atom. The van der Waals surface area contributed by atoms with E-state index in [-0.39, 0.29) is 16.2 Å². The van der Waals surface area contributed by atoms with Gasteiger partial charge in [-0.1, -0.05) is 207 Å². The van der Waals surface area contributed by atoms with E-state index in [1.165, 1.54) is 112 Å². The van der Waals surface area contributed by atoms with E-state index in [1.54, 1.807) is 0 Å². The van der Waals surface area contributed by atoms with Crippen molar-refractivity contribution in [2.24, 2.45) is 0 Å². The molecule has 0 aliphatic heterocycles. The second-order valence-electron chi connectivity index (χ2n) is 21.1. The third-order valence-electron chi connectivity index (χ3n) is 14.8. The molecule has 0 atom stereocenters. The fourth-order valence-corrected chi connectivity index (χ4v) is 11.3. The molecule has 3 aliphatic rings. The second-order valence-corrected chi connectivity index (χ2v) is 21.1. The third-order valence-corrected chi connectivity index (χ3v) is 14.8. The van der Waals surface area contributed by atoms with E-state index in [1.807, 2.05) is 0 Å². The van der Waals surface area contributed by atoms with Gasteiger partial charge in [-0.3, -0.25) is 0 Å². The maximum atomic E-state index is 2.57. The van der Waals surface area contributed by atoms with E-state index in [2.05, 4.69) is 237 Å². The van der Waals surface area contributed by atoms with Crippen molar-refractivity contribution in [1.29, 1.82) is 0 Å². The van der Waals surface area contributed by atoms with Crippen LogP contribution < -0.4 is 4.90 Å². The number of benzene rings is 8. The zero-order valence-corrected chi connectivity index (χ0v) is 38.3. The molecule has 0 saturated carbocycles. The Bertz CT molecular complexity index is 3080. The van der Waals surface area contributed by atoms with Crippen LogP contribution in [0.15, 0.2) is 170 Å². The van der Waals surface area contributed by atoms with E-state index in [0.717, 1.165) is 0 Å². The molecule has 1 nitrogen and oxygen atoms in total. The molecule has 63 heavy (non-hydrogen) atoms. The summed E-state index contributed by atoms with van der Waals surface area (Å²) < 4.78 is 0. The van der Waals surface area contributed by atoms with Gasteiger partial charge in [-0.05, 0) is 131 Å². The molecule has 1 spiro atoms. The van der Waals surface area contributed by atoms with Gasteiger partial charge in [-0.15, -0.1) is 0 Å². The Morgan fingerprint density at radius 2 is 0.921 bits per heavy atom. The molecule has 8 aromatic carbocycles. The maximum absolute atomic E-state index is 2.57. The first kappa shape index (κ1) is 39.4. The highest BCUT2D eigenvalue weighted by Gasteiger charge is 2.52. The number of para-hydroxylation sites is 1. The minimum atomic E-state index is -0.421. The van der Waals surface area contributed by atoms with E-state index in [9.17, 15) is 0 Å². The molecule has 0 N–H and O–H groups in total. The van der Waals surface area contributed by atoms with Crippen molar-refractivity contribution < 1.29 is 0 Å². The zero-order chi connectivity index (χ0) is 43.6. The van der Waals surface area contributed by atoms with E-state index in [0.29, 0.717) is 6.54 Å². The van der Waals surface area contributed by atoms with Crippen LogP contribution in [0.5, 0.6) is 0 Å². The van der Waals surface area contributed by atoms with Gasteiger partial charge in [0.15, 0.2) is 0 Å². The van der Waals surface area contributed by atoms with Gasteiger partial charge in [-0.2, -0.15) is 0 Å². The van der Waals surface area contributed by atoms with Gasteiger partial charge < -0.3 is 4.90 Å². The molecule has 8 aromatic rings. The summed E-state index contributed by atoms with van der Waals surface area (Å²) in [6, 6.07) is 65.5. The van der Waals surface area contributed by atoms with Crippen molar-refractivity contribution in [3.05, 3.63) is 225 Å². The number of rotatable bonds is 5. The standard InChI is InChI=1S/C62H57N/c1-39-22-25-41(26-23-39)45-16-12-15-21-58(45)63(44-29-32-48-46-17-10-13-19-52(46)61(8,9)55(48)37-44)38-40-24-33-54-51(34-40)47-18-11-14-20-53(47)62(54)56-35-42(59(2,3)4)27-30-49(56)50-31-28-43(36-57(50)62)60(5,6)7/h10-37H,38H2,1-9H3. The first-order valence-electron chi connectivity index (χ1n) is 22.9. The van der Waals surface area contributed by atoms with Crippen LogP contribution in [0.3, 0.4) is 0 Å². The summed E-state index contributed by atoms with van der Waals surface area (Å²) >= 11 is 0. The van der Waals surface area contributed by atoms with Crippen molar-refractivity contribution in [1.82, 2.24) is 0 Å². The van der Waals surface area contributed by atoms with E-state index < -0.39 is 5.41 Å². The molecule has 0 saturated heterocycles. The molecule has 0 unspecified atom stereocenters. The van der Waals surface area contributed by atoms with Crippen molar-refractivity contribution >= 4 is 11.4 Å². The highest BCUT2D eigenvalue weighted by Crippen LogP contribution is 2.64. The SMILES string of the molecule is Cc1ccc(-c2ccccc2N(Cc2ccc3c(c2)-c2ccccc2C32c3cc(C(C)(C)C)ccc3-c3ccc(C(C)(C)C)cc32)c2ccc3c(c2)C(C)(C)c2ccccc2-3)cc1. The van der Waals surface area contributed by atoms with Crippen LogP contribution in [-0.2, 0) is 28.2 Å². The number of hydrogen-bond acceptors (Lipinski definition) is 1. The molecule has 0 fully saturated rings. The highest BCUT2D eigenvalue weighted by molar-refractivity contribution is 5.96. The quantitative estimate of drug-likeness (QED) is 0.167. The van der Waals surface area contributed by atoms with Crippen LogP contribution >= 0.6 is 0 Å². The highest BCUT2D eigenvalue weighted by atomic mass is 15.1. The lowest BCUT2D eigenvalue weighted by Crippen LogP contribution is -2.27. The van der Waals surface area contributed by atoms with Crippen LogP contribution in [0.25, 0.3) is 44.5 Å². The van der Waals surface area contributed by atoms with Gasteiger partial charge in [-0.25, -0.2) is 0 Å². The van der Waals surface area contributed by atoms with Gasteiger partial charge in [0.25, 0.3) is 0 Å². The summed E-state index contributed by atoms with van der Waals surface area (Å²) in [7, 11) is 0. The average molecular weight is 816 g/mol. The molecule has 11 rings (SSSR count). The molecule has 310 valence electrons. The van der Waals surface area contributed by atoms with Gasteiger partial charge in [0.2, 0.25) is 0 Å². The van der Waals surface area contributed by atoms with Crippen LogP contribution in [0.2, 0.25) is 0 Å². The maximum Gasteiger partial charge on any atom is 0.0725 e. The number of hydrogen-bond donors (Lipinski definition) is 0. The Balaban J connectivity index is 1.11. The zero-order valence-electron chi connectivity index (χ0n) is 38.3. The molecule has 0 amide bonds. The summed E-state index contributed by atoms with van der Waals surface area (Å²) in [6.45, 7) is 21.7. The predicted octanol–water partition coefficient (Wildman–Crippen LogP) is 16.2. The predicted molar refractivity (Wildman–Crippen MR) is 267 cm³/mol. The lowest BCUT2D eigenvalue weighted by atomic mass is 9.69. The normalized spacial score (nSPS) is 14.7. The fourth-order valence-electron chi connectivity index (χ4n) is 11.3. The minimum absolute atomic E-state index is 0.0142. The summed E-state index contributed by atoms with van der Waals surface area (Å²) in [5.74, 6) is 0. The van der Waals surface area contributed by atoms with Crippen molar-refractivity contribution in [3.63, 3.8) is 0 Å². The largest absolute Gasteiger partial charge is 0.336 e. The van der Waals surface area contributed by atoms with E-state index >= 15 is 0 Å². The van der Waals surface area contributed by atoms with Gasteiger partial charge >= 0.3 is 0 Å². The summed E-state index contributed by atoms with van der Waals surface area (Å²) in [6.07, 6.45) is 0. The summed E-state index contributed by atoms with van der Waals surface area (Å²) in [5.41, 5.74) is 26.1. The first-order valence-corrected chi connectivity index (χ1v) is 22.9. The number of fused-ring (bicyclic) bond motifs is 13. The van der Waals surface area contributed by atoms with Crippen molar-refractivity contribution in [2.75, 3.05) is 4.90 Å². The Labute approximate surface area is 375 Å². The molecule has 0 radical (unpaired) electrons. The number of aryl methyl sites for hydroxylation is 1. The van der Waals surface area contributed by atoms with Crippen LogP contribution in [0.4, 0.5) is 11.4 Å². The smallest absolute Gasteiger partial charge is 0.0725 e. The lowest BCUT2D eigenvalue weighted by molar-refractivity contribution is 0.586. The second kappa shape index (κ2) is 13.8. The van der Waals surface area contributed by atoms with Gasteiger partial charge in [0.1, 0.15) is 0 Å². The Hall–Kier alpha value is -6.44. The summed E-state index contributed by atoms with van der Waals surface area (Å²) in [4.78, 5) is 2.57. The van der Waals surface area contributed by atoms with Crippen molar-refractivity contribution in [3.8, 4) is 44.5 Å². The molecule has 3 aliphatic carbocycles. The molecule has 1 heteroatoms. The Morgan fingerprint density at radius 3 is 1.56 bits per heavy atom. The lowest BCUT2D eigenvalue weighted by Gasteiger charge is -2.33. The minimum Gasteiger partial charge on any atom is -0.336 e. The van der Waals surface area contributed by atoms with Crippen LogP contribution in [0.1, 0.15) is 111 Å². The average Bonchev–Trinajstić information content (AvgIpc) is 3.82. The van der Waals surface area contributed by atoms with Crippen LogP contribution in [0, 0.1) is 6.92 Å². The Kier molecular flexibility index (Phi) is 8.62. The molecular formula is C62H57N.